The van der Waals surface area contributed by atoms with Crippen molar-refractivity contribution < 1.29 is 17.6 Å². The monoisotopic (exact) mass is 425 g/mol. The van der Waals surface area contributed by atoms with Crippen LogP contribution in [-0.2, 0) is 13.6 Å². The summed E-state index contributed by atoms with van der Waals surface area (Å²) in [5.41, 5.74) is -0.906. The molecule has 1 aromatic carbocycles. The van der Waals surface area contributed by atoms with Gasteiger partial charge in [-0.15, -0.1) is 0 Å². The van der Waals surface area contributed by atoms with Gasteiger partial charge in [-0.1, -0.05) is 18.2 Å². The van der Waals surface area contributed by atoms with E-state index in [1.807, 2.05) is 0 Å². The van der Waals surface area contributed by atoms with Gasteiger partial charge in [0.2, 0.25) is 5.95 Å². The molecule has 0 bridgehead atoms. The minimum absolute atomic E-state index is 0.0566. The summed E-state index contributed by atoms with van der Waals surface area (Å²) in [6, 6.07) is 6.01. The molecule has 3 heterocycles. The second-order valence-electron chi connectivity index (χ2n) is 7.38. The van der Waals surface area contributed by atoms with E-state index in [1.54, 1.807) is 17.0 Å². The molecular formula is C19H19F4N5O2. The molecule has 1 N–H and O–H groups in total. The van der Waals surface area contributed by atoms with Crippen molar-refractivity contribution in [2.75, 3.05) is 18.0 Å². The highest BCUT2D eigenvalue weighted by Gasteiger charge is 2.41. The molecule has 0 spiro atoms. The Morgan fingerprint density at radius 2 is 1.83 bits per heavy atom. The van der Waals surface area contributed by atoms with Gasteiger partial charge in [0.05, 0.1) is 12.5 Å². The Kier molecular flexibility index (Phi) is 4.91. The van der Waals surface area contributed by atoms with Crippen LogP contribution >= 0.6 is 0 Å². The number of halogens is 4. The number of hydrogen-bond donors (Lipinski definition) is 1. The first-order valence-electron chi connectivity index (χ1n) is 9.41. The van der Waals surface area contributed by atoms with Crippen LogP contribution < -0.4 is 16.1 Å². The second-order valence-corrected chi connectivity index (χ2v) is 7.38. The number of alkyl halides is 3. The summed E-state index contributed by atoms with van der Waals surface area (Å²) >= 11 is 0. The molecule has 160 valence electrons. The Balaban J connectivity index is 1.82. The Labute approximate surface area is 167 Å². The van der Waals surface area contributed by atoms with Crippen molar-refractivity contribution in [2.24, 2.45) is 13.0 Å². The van der Waals surface area contributed by atoms with Crippen LogP contribution in [0, 0.1) is 11.7 Å². The van der Waals surface area contributed by atoms with Gasteiger partial charge >= 0.3 is 11.9 Å². The first-order chi connectivity index (χ1) is 14.2. The SMILES string of the molecule is Cn1c(=O)[nH]c(=O)c2c1nc(N1CCC(C(F)(F)F)CC1)n2Cc1ccccc1F. The van der Waals surface area contributed by atoms with E-state index in [9.17, 15) is 27.2 Å². The maximum atomic E-state index is 14.3. The molecule has 3 aromatic rings. The predicted molar refractivity (Wildman–Crippen MR) is 102 cm³/mol. The van der Waals surface area contributed by atoms with Crippen molar-refractivity contribution in [3.63, 3.8) is 0 Å². The lowest BCUT2D eigenvalue weighted by Gasteiger charge is -2.33. The second kappa shape index (κ2) is 7.29. The van der Waals surface area contributed by atoms with Crippen molar-refractivity contribution in [3.05, 3.63) is 56.5 Å². The number of aromatic nitrogens is 4. The highest BCUT2D eigenvalue weighted by Crippen LogP contribution is 2.35. The Hall–Kier alpha value is -3.11. The van der Waals surface area contributed by atoms with Gasteiger partial charge in [-0.05, 0) is 18.9 Å². The van der Waals surface area contributed by atoms with E-state index < -0.39 is 29.2 Å². The lowest BCUT2D eigenvalue weighted by atomic mass is 9.96. The van der Waals surface area contributed by atoms with Crippen LogP contribution in [0.5, 0.6) is 0 Å². The molecule has 1 fully saturated rings. The average Bonchev–Trinajstić information content (AvgIpc) is 3.07. The zero-order valence-electron chi connectivity index (χ0n) is 16.0. The Bertz CT molecular complexity index is 1200. The number of anilines is 1. The van der Waals surface area contributed by atoms with Crippen LogP contribution in [0.4, 0.5) is 23.5 Å². The van der Waals surface area contributed by atoms with Gasteiger partial charge in [0.25, 0.3) is 5.56 Å². The summed E-state index contributed by atoms with van der Waals surface area (Å²) < 4.78 is 56.0. The molecule has 7 nitrogen and oxygen atoms in total. The molecule has 0 aliphatic carbocycles. The molecule has 0 unspecified atom stereocenters. The van der Waals surface area contributed by atoms with Crippen LogP contribution in [0.15, 0.2) is 33.9 Å². The molecule has 11 heteroatoms. The zero-order valence-corrected chi connectivity index (χ0v) is 16.0. The van der Waals surface area contributed by atoms with Crippen molar-refractivity contribution >= 4 is 17.1 Å². The summed E-state index contributed by atoms with van der Waals surface area (Å²) in [7, 11) is 1.43. The van der Waals surface area contributed by atoms with E-state index in [4.69, 9.17) is 0 Å². The summed E-state index contributed by atoms with van der Waals surface area (Å²) in [4.78, 5) is 32.8. The fourth-order valence-corrected chi connectivity index (χ4v) is 3.82. The van der Waals surface area contributed by atoms with Gasteiger partial charge in [0, 0.05) is 25.7 Å². The number of imidazole rings is 1. The van der Waals surface area contributed by atoms with Crippen molar-refractivity contribution in [2.45, 2.75) is 25.6 Å². The van der Waals surface area contributed by atoms with E-state index in [0.717, 1.165) is 4.57 Å². The molecule has 0 saturated carbocycles. The summed E-state index contributed by atoms with van der Waals surface area (Å²) in [6.45, 7) is 0.103. The number of rotatable bonds is 3. The van der Waals surface area contributed by atoms with Crippen molar-refractivity contribution in [3.8, 4) is 0 Å². The summed E-state index contributed by atoms with van der Waals surface area (Å²) in [6.07, 6.45) is -4.48. The summed E-state index contributed by atoms with van der Waals surface area (Å²) in [5, 5.41) is 0. The van der Waals surface area contributed by atoms with Gasteiger partial charge < -0.3 is 4.90 Å². The molecule has 0 radical (unpaired) electrons. The first kappa shape index (κ1) is 20.2. The number of benzene rings is 1. The fourth-order valence-electron chi connectivity index (χ4n) is 3.82. The smallest absolute Gasteiger partial charge is 0.342 e. The largest absolute Gasteiger partial charge is 0.391 e. The maximum absolute atomic E-state index is 14.3. The number of aryl methyl sites for hydroxylation is 1. The Morgan fingerprint density at radius 1 is 1.17 bits per heavy atom. The molecule has 4 rings (SSSR count). The third-order valence-electron chi connectivity index (χ3n) is 5.51. The van der Waals surface area contributed by atoms with Crippen LogP contribution in [-0.4, -0.2) is 38.4 Å². The number of fused-ring (bicyclic) bond motifs is 1. The lowest BCUT2D eigenvalue weighted by molar-refractivity contribution is -0.179. The quantitative estimate of drug-likeness (QED) is 0.654. The van der Waals surface area contributed by atoms with E-state index in [0.29, 0.717) is 0 Å². The van der Waals surface area contributed by atoms with Crippen molar-refractivity contribution in [1.82, 2.24) is 19.1 Å². The highest BCUT2D eigenvalue weighted by atomic mass is 19.4. The number of nitrogens with one attached hydrogen (secondary N) is 1. The first-order valence-corrected chi connectivity index (χ1v) is 9.41. The van der Waals surface area contributed by atoms with E-state index >= 15 is 0 Å². The molecule has 1 aliphatic rings. The molecule has 0 atom stereocenters. The minimum atomic E-state index is -4.26. The normalized spacial score (nSPS) is 15.8. The van der Waals surface area contributed by atoms with Crippen LogP contribution in [0.25, 0.3) is 11.2 Å². The molecule has 2 aromatic heterocycles. The number of hydrogen-bond acceptors (Lipinski definition) is 4. The van der Waals surface area contributed by atoms with Gasteiger partial charge in [0.1, 0.15) is 5.82 Å². The third kappa shape index (κ3) is 3.48. The van der Waals surface area contributed by atoms with Crippen LogP contribution in [0.2, 0.25) is 0 Å². The van der Waals surface area contributed by atoms with Crippen molar-refractivity contribution in [1.29, 1.82) is 0 Å². The molecule has 30 heavy (non-hydrogen) atoms. The number of piperidine rings is 1. The van der Waals surface area contributed by atoms with E-state index in [2.05, 4.69) is 9.97 Å². The van der Waals surface area contributed by atoms with E-state index in [1.165, 1.54) is 23.7 Å². The molecule has 0 amide bonds. The third-order valence-corrected chi connectivity index (χ3v) is 5.51. The maximum Gasteiger partial charge on any atom is 0.391 e. The lowest BCUT2D eigenvalue weighted by Crippen LogP contribution is -2.40. The zero-order chi connectivity index (χ0) is 21.6. The minimum Gasteiger partial charge on any atom is -0.342 e. The van der Waals surface area contributed by atoms with Gasteiger partial charge in [0.15, 0.2) is 11.2 Å². The number of H-pyrrole nitrogens is 1. The van der Waals surface area contributed by atoms with Gasteiger partial charge in [-0.25, -0.2) is 9.18 Å². The standard InChI is InChI=1S/C19H19F4N5O2/c1-26-15-14(16(29)25-18(26)30)28(10-11-4-2-3-5-13(11)20)17(24-15)27-8-6-12(7-9-27)19(21,22)23/h2-5,12H,6-10H2,1H3,(H,25,29,30). The van der Waals surface area contributed by atoms with Crippen LogP contribution in [0.1, 0.15) is 18.4 Å². The fraction of sp³-hybridized carbons (Fsp3) is 0.421. The van der Waals surface area contributed by atoms with Gasteiger partial charge in [-0.3, -0.25) is 18.9 Å². The summed E-state index contributed by atoms with van der Waals surface area (Å²) in [5.74, 6) is -1.64. The number of nitrogens with zero attached hydrogens (tertiary/aromatic N) is 4. The predicted octanol–water partition coefficient (Wildman–Crippen LogP) is 2.39. The van der Waals surface area contributed by atoms with E-state index in [-0.39, 0.29) is 55.2 Å². The van der Waals surface area contributed by atoms with Gasteiger partial charge in [-0.2, -0.15) is 18.2 Å². The Morgan fingerprint density at radius 3 is 2.47 bits per heavy atom. The molecule has 1 saturated heterocycles. The average molecular weight is 425 g/mol. The topological polar surface area (TPSA) is 75.9 Å². The van der Waals surface area contributed by atoms with Crippen LogP contribution in [0.3, 0.4) is 0 Å². The highest BCUT2D eigenvalue weighted by molar-refractivity contribution is 5.74. The molecule has 1 aliphatic heterocycles. The number of aromatic amines is 1. The molecular weight excluding hydrogens is 406 g/mol.